The zero-order valence-electron chi connectivity index (χ0n) is 13.1. The summed E-state index contributed by atoms with van der Waals surface area (Å²) in [5.74, 6) is -0.590. The molecule has 1 unspecified atom stereocenters. The van der Waals surface area contributed by atoms with Gasteiger partial charge in [-0.25, -0.2) is 0 Å². The summed E-state index contributed by atoms with van der Waals surface area (Å²) < 4.78 is 5.27. The van der Waals surface area contributed by atoms with E-state index in [1.807, 2.05) is 0 Å². The van der Waals surface area contributed by atoms with Gasteiger partial charge in [-0.1, -0.05) is 6.07 Å². The molecule has 1 atom stereocenters. The molecule has 7 nitrogen and oxygen atoms in total. The summed E-state index contributed by atoms with van der Waals surface area (Å²) in [6.45, 7) is 2.69. The fourth-order valence-corrected chi connectivity index (χ4v) is 2.30. The summed E-state index contributed by atoms with van der Waals surface area (Å²) in [7, 11) is 0. The van der Waals surface area contributed by atoms with E-state index in [1.54, 1.807) is 24.3 Å². The predicted octanol–water partition coefficient (Wildman–Crippen LogP) is 0.670. The predicted molar refractivity (Wildman–Crippen MR) is 85.1 cm³/mol. The Morgan fingerprint density at radius 1 is 1.22 bits per heavy atom. The van der Waals surface area contributed by atoms with E-state index in [4.69, 9.17) is 4.74 Å². The van der Waals surface area contributed by atoms with Crippen molar-refractivity contribution in [2.75, 3.05) is 25.0 Å². The van der Waals surface area contributed by atoms with Crippen LogP contribution in [0.3, 0.4) is 0 Å². The molecule has 0 aromatic heterocycles. The summed E-state index contributed by atoms with van der Waals surface area (Å²) >= 11 is 0. The summed E-state index contributed by atoms with van der Waals surface area (Å²) in [5.41, 5.74) is 1.01. The zero-order chi connectivity index (χ0) is 16.7. The van der Waals surface area contributed by atoms with Gasteiger partial charge < -0.3 is 20.7 Å². The monoisotopic (exact) mass is 319 g/mol. The van der Waals surface area contributed by atoms with Crippen LogP contribution in [0.5, 0.6) is 0 Å². The van der Waals surface area contributed by atoms with Crippen LogP contribution in [-0.2, 0) is 14.3 Å². The fraction of sp³-hybridized carbons (Fsp3) is 0.438. The Hall–Kier alpha value is -2.41. The zero-order valence-corrected chi connectivity index (χ0v) is 13.1. The molecule has 0 bridgehead atoms. The topological polar surface area (TPSA) is 96.5 Å². The maximum absolute atomic E-state index is 12.0. The normalized spacial score (nSPS) is 16.7. The van der Waals surface area contributed by atoms with Gasteiger partial charge in [0.15, 0.2) is 0 Å². The minimum Gasteiger partial charge on any atom is -0.368 e. The van der Waals surface area contributed by atoms with Crippen molar-refractivity contribution in [3.8, 4) is 0 Å². The third kappa shape index (κ3) is 5.37. The lowest BCUT2D eigenvalue weighted by atomic mass is 10.2. The van der Waals surface area contributed by atoms with Crippen LogP contribution in [0.4, 0.5) is 5.69 Å². The van der Waals surface area contributed by atoms with Crippen LogP contribution in [0.1, 0.15) is 30.1 Å². The number of carbonyl (C=O) groups is 3. The summed E-state index contributed by atoms with van der Waals surface area (Å²) in [5, 5.41) is 8.08. The van der Waals surface area contributed by atoms with Gasteiger partial charge in [-0.15, -0.1) is 0 Å². The lowest BCUT2D eigenvalue weighted by Gasteiger charge is -2.11. The molecule has 2 rings (SSSR count). The lowest BCUT2D eigenvalue weighted by Crippen LogP contribution is -2.39. The van der Waals surface area contributed by atoms with Crippen molar-refractivity contribution >= 4 is 23.4 Å². The number of rotatable bonds is 6. The number of hydrogen-bond acceptors (Lipinski definition) is 4. The van der Waals surface area contributed by atoms with E-state index >= 15 is 0 Å². The first-order valence-electron chi connectivity index (χ1n) is 7.61. The van der Waals surface area contributed by atoms with Gasteiger partial charge in [-0.3, -0.25) is 14.4 Å². The Labute approximate surface area is 134 Å². The van der Waals surface area contributed by atoms with Gasteiger partial charge in [0.1, 0.15) is 6.10 Å². The average molecular weight is 319 g/mol. The molecule has 1 heterocycles. The molecular formula is C16H21N3O4. The van der Waals surface area contributed by atoms with E-state index in [0.717, 1.165) is 12.8 Å². The van der Waals surface area contributed by atoms with Crippen LogP contribution in [-0.4, -0.2) is 43.5 Å². The molecule has 23 heavy (non-hydrogen) atoms. The molecule has 0 radical (unpaired) electrons. The maximum atomic E-state index is 12.0. The highest BCUT2D eigenvalue weighted by Crippen LogP contribution is 2.11. The largest absolute Gasteiger partial charge is 0.368 e. The molecule has 1 fully saturated rings. The third-order valence-corrected chi connectivity index (χ3v) is 3.38. The second-order valence-electron chi connectivity index (χ2n) is 5.31. The molecule has 1 aromatic carbocycles. The molecule has 0 spiro atoms. The number of hydrogen-bond donors (Lipinski definition) is 3. The molecule has 0 saturated carbocycles. The van der Waals surface area contributed by atoms with Gasteiger partial charge in [0.05, 0.1) is 0 Å². The first kappa shape index (κ1) is 17.0. The highest BCUT2D eigenvalue weighted by molar-refractivity contribution is 5.96. The van der Waals surface area contributed by atoms with Gasteiger partial charge in [0.2, 0.25) is 11.8 Å². The van der Waals surface area contributed by atoms with Crippen molar-refractivity contribution in [1.29, 1.82) is 0 Å². The van der Waals surface area contributed by atoms with Crippen molar-refractivity contribution in [3.05, 3.63) is 29.8 Å². The van der Waals surface area contributed by atoms with Crippen LogP contribution in [0, 0.1) is 0 Å². The van der Waals surface area contributed by atoms with Gasteiger partial charge in [0, 0.05) is 37.9 Å². The summed E-state index contributed by atoms with van der Waals surface area (Å²) in [4.78, 5) is 34.8. The quantitative estimate of drug-likeness (QED) is 0.671. The molecule has 1 aliphatic rings. The van der Waals surface area contributed by atoms with E-state index in [0.29, 0.717) is 30.9 Å². The molecule has 0 aliphatic carbocycles. The standard InChI is InChI=1S/C16H21N3O4/c1-11(20)19-13-5-2-4-12(10-13)15(21)17-7-8-18-16(22)14-6-3-9-23-14/h2,4-5,10,14H,3,6-9H2,1H3,(H,17,21)(H,18,22)(H,19,20). The Kier molecular flexibility index (Phi) is 6.10. The van der Waals surface area contributed by atoms with Crippen LogP contribution in [0.25, 0.3) is 0 Å². The summed E-state index contributed by atoms with van der Waals surface area (Å²) in [6, 6.07) is 6.66. The van der Waals surface area contributed by atoms with Crippen LogP contribution in [0.15, 0.2) is 24.3 Å². The molecule has 1 aromatic rings. The van der Waals surface area contributed by atoms with E-state index in [1.165, 1.54) is 6.92 Å². The van der Waals surface area contributed by atoms with Gasteiger partial charge >= 0.3 is 0 Å². The Morgan fingerprint density at radius 2 is 2.00 bits per heavy atom. The van der Waals surface area contributed by atoms with Gasteiger partial charge in [-0.05, 0) is 31.0 Å². The van der Waals surface area contributed by atoms with Gasteiger partial charge in [0.25, 0.3) is 5.91 Å². The van der Waals surface area contributed by atoms with Crippen LogP contribution < -0.4 is 16.0 Å². The molecule has 124 valence electrons. The van der Waals surface area contributed by atoms with Crippen LogP contribution >= 0.6 is 0 Å². The van der Waals surface area contributed by atoms with Crippen molar-refractivity contribution in [2.24, 2.45) is 0 Å². The smallest absolute Gasteiger partial charge is 0.251 e. The van der Waals surface area contributed by atoms with E-state index in [9.17, 15) is 14.4 Å². The minimum atomic E-state index is -0.361. The first-order valence-corrected chi connectivity index (χ1v) is 7.61. The molecule has 1 aliphatic heterocycles. The third-order valence-electron chi connectivity index (χ3n) is 3.38. The van der Waals surface area contributed by atoms with Crippen molar-refractivity contribution in [3.63, 3.8) is 0 Å². The molecule has 1 saturated heterocycles. The number of amides is 3. The number of nitrogens with one attached hydrogen (secondary N) is 3. The van der Waals surface area contributed by atoms with E-state index < -0.39 is 0 Å². The molecular weight excluding hydrogens is 298 g/mol. The number of anilines is 1. The molecule has 3 amide bonds. The van der Waals surface area contributed by atoms with Gasteiger partial charge in [-0.2, -0.15) is 0 Å². The first-order chi connectivity index (χ1) is 11.1. The summed E-state index contributed by atoms with van der Waals surface area (Å²) in [6.07, 6.45) is 1.29. The highest BCUT2D eigenvalue weighted by atomic mass is 16.5. The highest BCUT2D eigenvalue weighted by Gasteiger charge is 2.22. The van der Waals surface area contributed by atoms with E-state index in [2.05, 4.69) is 16.0 Å². The second-order valence-corrected chi connectivity index (χ2v) is 5.31. The number of benzene rings is 1. The molecule has 3 N–H and O–H groups in total. The SMILES string of the molecule is CC(=O)Nc1cccc(C(=O)NCCNC(=O)C2CCCO2)c1. The van der Waals surface area contributed by atoms with E-state index in [-0.39, 0.29) is 23.8 Å². The minimum absolute atomic E-state index is 0.135. The Morgan fingerprint density at radius 3 is 2.70 bits per heavy atom. The Bertz CT molecular complexity index is 582. The maximum Gasteiger partial charge on any atom is 0.251 e. The van der Waals surface area contributed by atoms with Crippen LogP contribution in [0.2, 0.25) is 0 Å². The lowest BCUT2D eigenvalue weighted by molar-refractivity contribution is -0.130. The number of carbonyl (C=O) groups excluding carboxylic acids is 3. The van der Waals surface area contributed by atoms with Crippen molar-refractivity contribution < 1.29 is 19.1 Å². The second kappa shape index (κ2) is 8.28. The van der Waals surface area contributed by atoms with Crippen molar-refractivity contribution in [1.82, 2.24) is 10.6 Å². The van der Waals surface area contributed by atoms with Crippen molar-refractivity contribution in [2.45, 2.75) is 25.9 Å². The average Bonchev–Trinajstić information content (AvgIpc) is 3.05. The Balaban J connectivity index is 1.74. The molecule has 7 heteroatoms. The number of ether oxygens (including phenoxy) is 1. The fourth-order valence-electron chi connectivity index (χ4n) is 2.30.